The molecule has 1 aliphatic rings. The number of carboxylic acid groups (broad SMARTS) is 1. The molecule has 4 aromatic carbocycles. The largest absolute Gasteiger partial charge is 0.474 e. The van der Waals surface area contributed by atoms with Gasteiger partial charge >= 0.3 is 18.0 Å². The number of piperidine rings is 1. The number of benzene rings is 4. The number of hydrogen-bond acceptors (Lipinski definition) is 4. The number of nitrogens with zero attached hydrogens (tertiary/aromatic N) is 2. The number of carbonyl (C=O) groups excluding carboxylic acids is 2. The highest BCUT2D eigenvalue weighted by atomic mass is 16.6. The van der Waals surface area contributed by atoms with Crippen LogP contribution in [0.15, 0.2) is 97.1 Å². The van der Waals surface area contributed by atoms with Crippen LogP contribution in [0.2, 0.25) is 0 Å². The predicted molar refractivity (Wildman–Crippen MR) is 177 cm³/mol. The van der Waals surface area contributed by atoms with E-state index in [2.05, 4.69) is 54.6 Å². The molecule has 0 bridgehead atoms. The molecule has 45 heavy (non-hydrogen) atoms. The Labute approximate surface area is 265 Å². The van der Waals surface area contributed by atoms with E-state index >= 15 is 0 Å². The molecule has 0 aliphatic carbocycles. The molecule has 234 valence electrons. The Balaban J connectivity index is 1.42. The van der Waals surface area contributed by atoms with Crippen molar-refractivity contribution in [1.29, 1.82) is 0 Å². The lowest BCUT2D eigenvalue weighted by atomic mass is 9.79. The zero-order valence-corrected chi connectivity index (χ0v) is 26.3. The molecule has 0 aromatic heterocycles. The topological polar surface area (TPSA) is 87.2 Å². The molecule has 0 saturated carbocycles. The molecule has 5 rings (SSSR count). The van der Waals surface area contributed by atoms with Gasteiger partial charge in [-0.25, -0.2) is 9.59 Å². The summed E-state index contributed by atoms with van der Waals surface area (Å²) in [4.78, 5) is 41.0. The zero-order chi connectivity index (χ0) is 32.0. The highest BCUT2D eigenvalue weighted by Gasteiger charge is 2.34. The minimum atomic E-state index is -1.45. The SMILES string of the molecule is CC(C)(C)OC(=O)N1CCC(C(CN(CCc2ccccc2)C(=O)C(=O)O)c2ccc(-c3cccc4ccccc34)cc2)CC1. The summed E-state index contributed by atoms with van der Waals surface area (Å²) in [5, 5.41) is 12.1. The van der Waals surface area contributed by atoms with Gasteiger partial charge in [-0.2, -0.15) is 0 Å². The molecule has 7 heteroatoms. The average Bonchev–Trinajstić information content (AvgIpc) is 3.04. The normalized spacial score (nSPS) is 14.6. The summed E-state index contributed by atoms with van der Waals surface area (Å²) in [6.07, 6.45) is 1.69. The summed E-state index contributed by atoms with van der Waals surface area (Å²) in [6, 6.07) is 32.9. The van der Waals surface area contributed by atoms with Crippen LogP contribution in [0, 0.1) is 5.92 Å². The first-order valence-corrected chi connectivity index (χ1v) is 15.7. The zero-order valence-electron chi connectivity index (χ0n) is 26.3. The van der Waals surface area contributed by atoms with E-state index in [0.29, 0.717) is 26.1 Å². The Morgan fingerprint density at radius 2 is 1.51 bits per heavy atom. The van der Waals surface area contributed by atoms with Gasteiger partial charge in [-0.15, -0.1) is 0 Å². The molecule has 1 atom stereocenters. The average molecular weight is 607 g/mol. The van der Waals surface area contributed by atoms with E-state index in [4.69, 9.17) is 4.74 Å². The Bertz CT molecular complexity index is 1610. The lowest BCUT2D eigenvalue weighted by Gasteiger charge is -2.38. The lowest BCUT2D eigenvalue weighted by molar-refractivity contribution is -0.156. The standard InChI is InChI=1S/C38H42N2O5/c1-38(2,3)45-37(44)39-24-21-31(22-25-39)34(26-40(35(41)36(42)43)23-20-27-10-5-4-6-11-27)30-18-16-29(17-19-30)33-15-9-13-28-12-7-8-14-32(28)33/h4-19,31,34H,20-26H2,1-3H3,(H,42,43). The maximum atomic E-state index is 13.0. The van der Waals surface area contributed by atoms with Crippen molar-refractivity contribution in [2.75, 3.05) is 26.2 Å². The molecular formula is C38H42N2O5. The number of aliphatic carboxylic acids is 1. The second-order valence-electron chi connectivity index (χ2n) is 12.9. The van der Waals surface area contributed by atoms with Gasteiger partial charge in [-0.1, -0.05) is 97.1 Å². The summed E-state index contributed by atoms with van der Waals surface area (Å²) in [6.45, 7) is 7.25. The van der Waals surface area contributed by atoms with E-state index < -0.39 is 17.5 Å². The van der Waals surface area contributed by atoms with E-state index in [-0.39, 0.29) is 24.5 Å². The molecule has 1 heterocycles. The van der Waals surface area contributed by atoms with Crippen LogP contribution in [0.4, 0.5) is 4.79 Å². The van der Waals surface area contributed by atoms with Gasteiger partial charge in [-0.3, -0.25) is 4.79 Å². The van der Waals surface area contributed by atoms with Gasteiger partial charge in [0.25, 0.3) is 0 Å². The number of likely N-dealkylation sites (tertiary alicyclic amines) is 1. The van der Waals surface area contributed by atoms with Crippen LogP contribution in [0.1, 0.15) is 50.7 Å². The smallest absolute Gasteiger partial charge is 0.410 e. The van der Waals surface area contributed by atoms with Crippen LogP contribution in [0.25, 0.3) is 21.9 Å². The second kappa shape index (κ2) is 14.0. The van der Waals surface area contributed by atoms with Crippen LogP contribution in [0.3, 0.4) is 0 Å². The van der Waals surface area contributed by atoms with Crippen LogP contribution in [-0.2, 0) is 20.7 Å². The predicted octanol–water partition coefficient (Wildman–Crippen LogP) is 7.39. The summed E-state index contributed by atoms with van der Waals surface area (Å²) >= 11 is 0. The van der Waals surface area contributed by atoms with Crippen LogP contribution in [-0.4, -0.2) is 64.7 Å². The monoisotopic (exact) mass is 606 g/mol. The first kappa shape index (κ1) is 31.8. The summed E-state index contributed by atoms with van der Waals surface area (Å²) in [5.74, 6) is -2.30. The molecule has 1 unspecified atom stereocenters. The third-order valence-electron chi connectivity index (χ3n) is 8.60. The first-order chi connectivity index (χ1) is 21.6. The van der Waals surface area contributed by atoms with Crippen LogP contribution >= 0.6 is 0 Å². The van der Waals surface area contributed by atoms with E-state index in [9.17, 15) is 19.5 Å². The fraction of sp³-hybridized carbons (Fsp3) is 0.342. The van der Waals surface area contributed by atoms with E-state index in [1.807, 2.05) is 63.2 Å². The van der Waals surface area contributed by atoms with Crippen molar-refractivity contribution >= 4 is 28.7 Å². The van der Waals surface area contributed by atoms with E-state index in [1.165, 1.54) is 15.7 Å². The van der Waals surface area contributed by atoms with Crippen molar-refractivity contribution < 1.29 is 24.2 Å². The molecule has 7 nitrogen and oxygen atoms in total. The maximum absolute atomic E-state index is 13.0. The highest BCUT2D eigenvalue weighted by molar-refractivity contribution is 6.31. The van der Waals surface area contributed by atoms with Crippen molar-refractivity contribution in [3.05, 3.63) is 108 Å². The molecule has 0 radical (unpaired) electrons. The van der Waals surface area contributed by atoms with Crippen molar-refractivity contribution in [3.63, 3.8) is 0 Å². The second-order valence-corrected chi connectivity index (χ2v) is 12.9. The van der Waals surface area contributed by atoms with Crippen molar-refractivity contribution in [1.82, 2.24) is 9.80 Å². The highest BCUT2D eigenvalue weighted by Crippen LogP contribution is 2.36. The van der Waals surface area contributed by atoms with Crippen LogP contribution < -0.4 is 0 Å². The quantitative estimate of drug-likeness (QED) is 0.211. The van der Waals surface area contributed by atoms with E-state index in [1.54, 1.807) is 4.90 Å². The van der Waals surface area contributed by atoms with Crippen LogP contribution in [0.5, 0.6) is 0 Å². The minimum Gasteiger partial charge on any atom is -0.474 e. The van der Waals surface area contributed by atoms with Gasteiger partial charge in [0.2, 0.25) is 0 Å². The molecule has 2 amide bonds. The molecule has 1 fully saturated rings. The third kappa shape index (κ3) is 8.09. The van der Waals surface area contributed by atoms with Crippen molar-refractivity contribution in [2.24, 2.45) is 5.92 Å². The van der Waals surface area contributed by atoms with Crippen molar-refractivity contribution in [3.8, 4) is 11.1 Å². The lowest BCUT2D eigenvalue weighted by Crippen LogP contribution is -2.45. The Hall–Kier alpha value is -4.65. The van der Waals surface area contributed by atoms with Crippen molar-refractivity contribution in [2.45, 2.75) is 51.6 Å². The number of carboxylic acids is 1. The van der Waals surface area contributed by atoms with E-state index in [0.717, 1.165) is 35.1 Å². The first-order valence-electron chi connectivity index (χ1n) is 15.7. The Morgan fingerprint density at radius 1 is 0.867 bits per heavy atom. The molecule has 0 spiro atoms. The molecular weight excluding hydrogens is 564 g/mol. The van der Waals surface area contributed by atoms with Gasteiger partial charge < -0.3 is 19.6 Å². The third-order valence-corrected chi connectivity index (χ3v) is 8.60. The van der Waals surface area contributed by atoms with Gasteiger partial charge in [-0.05, 0) is 79.0 Å². The fourth-order valence-corrected chi connectivity index (χ4v) is 6.28. The van der Waals surface area contributed by atoms with Gasteiger partial charge in [0, 0.05) is 32.1 Å². The number of rotatable bonds is 8. The molecule has 4 aromatic rings. The fourth-order valence-electron chi connectivity index (χ4n) is 6.28. The number of carbonyl (C=O) groups is 3. The number of fused-ring (bicyclic) bond motifs is 1. The number of hydrogen-bond donors (Lipinski definition) is 1. The summed E-state index contributed by atoms with van der Waals surface area (Å²) in [5.41, 5.74) is 3.77. The van der Waals surface area contributed by atoms with Gasteiger partial charge in [0.1, 0.15) is 5.60 Å². The van der Waals surface area contributed by atoms with Gasteiger partial charge in [0.15, 0.2) is 0 Å². The molecule has 1 aliphatic heterocycles. The number of amides is 2. The maximum Gasteiger partial charge on any atom is 0.410 e. The summed E-state index contributed by atoms with van der Waals surface area (Å²) in [7, 11) is 0. The number of ether oxygens (including phenoxy) is 1. The Morgan fingerprint density at radius 3 is 2.18 bits per heavy atom. The van der Waals surface area contributed by atoms with Gasteiger partial charge in [0.05, 0.1) is 0 Å². The molecule has 1 saturated heterocycles. The molecule has 1 N–H and O–H groups in total. The minimum absolute atomic E-state index is 0.105. The summed E-state index contributed by atoms with van der Waals surface area (Å²) < 4.78 is 5.61. The Kier molecular flexibility index (Phi) is 9.87.